The number of para-hydroxylation sites is 1. The summed E-state index contributed by atoms with van der Waals surface area (Å²) in [6.07, 6.45) is 2.10. The van der Waals surface area contributed by atoms with Crippen molar-refractivity contribution in [3.8, 4) is 16.4 Å². The number of nitrogens with zero attached hydrogens (tertiary/aromatic N) is 4. The van der Waals surface area contributed by atoms with Gasteiger partial charge in [0.25, 0.3) is 0 Å². The second kappa shape index (κ2) is 8.43. The minimum atomic E-state index is -3.27. The van der Waals surface area contributed by atoms with E-state index in [1.54, 1.807) is 29.5 Å². The summed E-state index contributed by atoms with van der Waals surface area (Å²) < 4.78 is 27.5. The van der Waals surface area contributed by atoms with Crippen LogP contribution in [0, 0.1) is 0 Å². The largest absolute Gasteiger partial charge is 0.269 e. The highest BCUT2D eigenvalue weighted by Crippen LogP contribution is 2.38. The third-order valence-electron chi connectivity index (χ3n) is 4.94. The van der Waals surface area contributed by atoms with Crippen LogP contribution in [0.2, 0.25) is 0 Å². The van der Waals surface area contributed by atoms with Crippen LogP contribution in [0.4, 0.5) is 0 Å². The fraction of sp³-hybridized carbons (Fsp3) is 0.136. The normalized spacial score (nSPS) is 11.9. The van der Waals surface area contributed by atoms with E-state index in [4.69, 9.17) is 0 Å². The highest BCUT2D eigenvalue weighted by atomic mass is 32.2. The van der Waals surface area contributed by atoms with E-state index >= 15 is 0 Å². The van der Waals surface area contributed by atoms with E-state index in [1.807, 2.05) is 29.6 Å². The van der Waals surface area contributed by atoms with Crippen molar-refractivity contribution in [2.45, 2.75) is 27.7 Å². The maximum Gasteiger partial charge on any atom is 0.203 e. The number of thiophene rings is 1. The highest BCUT2D eigenvalue weighted by Gasteiger charge is 2.20. The number of rotatable bonds is 6. The Morgan fingerprint density at radius 3 is 2.66 bits per heavy atom. The molecule has 0 aliphatic rings. The molecule has 0 aliphatic carbocycles. The van der Waals surface area contributed by atoms with Gasteiger partial charge in [0.05, 0.1) is 25.7 Å². The van der Waals surface area contributed by atoms with Crippen molar-refractivity contribution in [2.75, 3.05) is 6.26 Å². The molecule has 162 valence electrons. The molecule has 2 aromatic carbocycles. The molecular weight excluding hydrogens is 481 g/mol. The molecule has 32 heavy (non-hydrogen) atoms. The summed E-state index contributed by atoms with van der Waals surface area (Å²) in [5.74, 6) is 0.795. The van der Waals surface area contributed by atoms with Crippen molar-refractivity contribution in [1.82, 2.24) is 19.7 Å². The Morgan fingerprint density at radius 2 is 1.91 bits per heavy atom. The summed E-state index contributed by atoms with van der Waals surface area (Å²) in [6, 6.07) is 17.3. The van der Waals surface area contributed by atoms with Gasteiger partial charge in [0, 0.05) is 6.26 Å². The lowest BCUT2D eigenvalue weighted by atomic mass is 10.1. The fourth-order valence-electron chi connectivity index (χ4n) is 3.38. The van der Waals surface area contributed by atoms with Crippen LogP contribution in [0.1, 0.15) is 12.5 Å². The Hall–Kier alpha value is -2.53. The standard InChI is InChI=1S/C22H18N4O2S4/c1-3-14-7-4-5-8-17(14)26-20(18-9-6-12-29-18)24-25-21(26)31-22-23-16-11-10-15(32(2,27)28)13-19(16)30-22/h4-13H,3H2,1-2H3. The maximum atomic E-state index is 11.9. The van der Waals surface area contributed by atoms with Crippen LogP contribution in [0.15, 0.2) is 74.4 Å². The van der Waals surface area contributed by atoms with Crippen molar-refractivity contribution in [1.29, 1.82) is 0 Å². The topological polar surface area (TPSA) is 77.7 Å². The number of benzene rings is 2. The van der Waals surface area contributed by atoms with Gasteiger partial charge in [-0.1, -0.05) is 31.2 Å². The monoisotopic (exact) mass is 498 g/mol. The highest BCUT2D eigenvalue weighted by molar-refractivity contribution is 8.01. The van der Waals surface area contributed by atoms with Crippen LogP contribution in [0.25, 0.3) is 26.6 Å². The minimum Gasteiger partial charge on any atom is -0.269 e. The average Bonchev–Trinajstić information content (AvgIpc) is 3.52. The van der Waals surface area contributed by atoms with E-state index in [1.165, 1.54) is 34.9 Å². The number of aromatic nitrogens is 4. The predicted octanol–water partition coefficient (Wildman–Crippen LogP) is 5.72. The molecule has 5 aromatic rings. The summed E-state index contributed by atoms with van der Waals surface area (Å²) >= 11 is 4.51. The zero-order valence-corrected chi connectivity index (χ0v) is 20.5. The molecule has 0 aliphatic heterocycles. The lowest BCUT2D eigenvalue weighted by Gasteiger charge is -2.12. The molecule has 0 unspecified atom stereocenters. The van der Waals surface area contributed by atoms with Gasteiger partial charge in [0.15, 0.2) is 20.0 Å². The van der Waals surface area contributed by atoms with Gasteiger partial charge < -0.3 is 0 Å². The Labute approximate surface area is 197 Å². The molecule has 0 N–H and O–H groups in total. The van der Waals surface area contributed by atoms with Crippen molar-refractivity contribution >= 4 is 54.5 Å². The first kappa shape index (κ1) is 21.3. The SMILES string of the molecule is CCc1ccccc1-n1c(Sc2nc3ccc(S(C)(=O)=O)cc3s2)nnc1-c1cccs1. The van der Waals surface area contributed by atoms with Crippen molar-refractivity contribution in [3.05, 3.63) is 65.5 Å². The van der Waals surface area contributed by atoms with Crippen LogP contribution in [0.5, 0.6) is 0 Å². The molecule has 0 spiro atoms. The van der Waals surface area contributed by atoms with Crippen LogP contribution in [-0.4, -0.2) is 34.4 Å². The number of thiazole rings is 1. The number of hydrogen-bond donors (Lipinski definition) is 0. The molecule has 0 saturated heterocycles. The van der Waals surface area contributed by atoms with Crippen LogP contribution < -0.4 is 0 Å². The average molecular weight is 499 g/mol. The van der Waals surface area contributed by atoms with Crippen molar-refractivity contribution in [2.24, 2.45) is 0 Å². The van der Waals surface area contributed by atoms with Gasteiger partial charge in [0.2, 0.25) is 5.16 Å². The zero-order valence-electron chi connectivity index (χ0n) is 17.2. The quantitative estimate of drug-likeness (QED) is 0.298. The number of sulfone groups is 1. The molecule has 6 nitrogen and oxygen atoms in total. The van der Waals surface area contributed by atoms with E-state index in [9.17, 15) is 8.42 Å². The minimum absolute atomic E-state index is 0.297. The second-order valence-electron chi connectivity index (χ2n) is 7.08. The first-order valence-corrected chi connectivity index (χ1v) is 14.2. The third kappa shape index (κ3) is 3.99. The van der Waals surface area contributed by atoms with Gasteiger partial charge in [0.1, 0.15) is 0 Å². The Bertz CT molecular complexity index is 1520. The third-order valence-corrected chi connectivity index (χ3v) is 8.94. The smallest absolute Gasteiger partial charge is 0.203 e. The van der Waals surface area contributed by atoms with E-state index < -0.39 is 9.84 Å². The Balaban J connectivity index is 1.61. The summed E-state index contributed by atoms with van der Waals surface area (Å²) in [5, 5.41) is 11.8. The molecule has 0 amide bonds. The Morgan fingerprint density at radius 1 is 1.06 bits per heavy atom. The fourth-order valence-corrected chi connectivity index (χ4v) is 6.86. The van der Waals surface area contributed by atoms with Gasteiger partial charge in [-0.2, -0.15) is 0 Å². The van der Waals surface area contributed by atoms with Gasteiger partial charge >= 0.3 is 0 Å². The molecule has 0 saturated carbocycles. The molecule has 0 bridgehead atoms. The van der Waals surface area contributed by atoms with Crippen LogP contribution in [0.3, 0.4) is 0 Å². The van der Waals surface area contributed by atoms with E-state index in [0.29, 0.717) is 4.90 Å². The van der Waals surface area contributed by atoms with E-state index in [2.05, 4.69) is 38.8 Å². The van der Waals surface area contributed by atoms with Crippen molar-refractivity contribution < 1.29 is 8.42 Å². The number of aryl methyl sites for hydroxylation is 1. The first-order chi connectivity index (χ1) is 15.4. The van der Waals surface area contributed by atoms with Gasteiger partial charge in [-0.25, -0.2) is 13.4 Å². The number of fused-ring (bicyclic) bond motifs is 1. The van der Waals surface area contributed by atoms with Crippen LogP contribution in [-0.2, 0) is 16.3 Å². The summed E-state index contributed by atoms with van der Waals surface area (Å²) in [5.41, 5.74) is 3.02. The zero-order chi connectivity index (χ0) is 22.3. The van der Waals surface area contributed by atoms with Gasteiger partial charge in [-0.3, -0.25) is 4.57 Å². The van der Waals surface area contributed by atoms with Gasteiger partial charge in [-0.15, -0.1) is 32.9 Å². The summed E-state index contributed by atoms with van der Waals surface area (Å²) in [6.45, 7) is 2.13. The molecule has 3 aromatic heterocycles. The summed E-state index contributed by atoms with van der Waals surface area (Å²) in [4.78, 5) is 6.02. The Kier molecular flexibility index (Phi) is 5.62. The predicted molar refractivity (Wildman–Crippen MR) is 131 cm³/mol. The molecule has 10 heteroatoms. The molecule has 3 heterocycles. The molecule has 5 rings (SSSR count). The molecular formula is C22H18N4O2S4. The van der Waals surface area contributed by atoms with Crippen molar-refractivity contribution in [3.63, 3.8) is 0 Å². The second-order valence-corrected chi connectivity index (χ2v) is 12.3. The maximum absolute atomic E-state index is 11.9. The lowest BCUT2D eigenvalue weighted by Crippen LogP contribution is -2.02. The summed E-state index contributed by atoms with van der Waals surface area (Å²) in [7, 11) is -3.27. The van der Waals surface area contributed by atoms with Crippen LogP contribution >= 0.6 is 34.4 Å². The molecule has 0 fully saturated rings. The molecule has 0 atom stereocenters. The molecule has 0 radical (unpaired) electrons. The van der Waals surface area contributed by atoms with E-state index in [0.717, 1.165) is 42.5 Å². The lowest BCUT2D eigenvalue weighted by molar-refractivity contribution is 0.602. The first-order valence-electron chi connectivity index (χ1n) is 9.80. The number of hydrogen-bond acceptors (Lipinski definition) is 8. The van der Waals surface area contributed by atoms with E-state index in [-0.39, 0.29) is 0 Å². The van der Waals surface area contributed by atoms with Gasteiger partial charge in [-0.05, 0) is 59.5 Å².